The van der Waals surface area contributed by atoms with Crippen molar-refractivity contribution in [2.45, 2.75) is 6.61 Å². The molecule has 1 aliphatic heterocycles. The summed E-state index contributed by atoms with van der Waals surface area (Å²) >= 11 is 14.5. The molecular weight excluding hydrogens is 452 g/mol. The van der Waals surface area contributed by atoms with E-state index < -0.39 is 0 Å². The summed E-state index contributed by atoms with van der Waals surface area (Å²) < 4.78 is 12.1. The third-order valence-corrected chi connectivity index (χ3v) is 5.20. The number of carbonyl (C=O) groups excluding carboxylic acids is 1. The first-order chi connectivity index (χ1) is 12.9. The van der Waals surface area contributed by atoms with Crippen LogP contribution in [0.4, 0.5) is 0 Å². The molecule has 0 unspecified atom stereocenters. The number of thiocarbonyl (C=S) groups is 1. The second-order valence-electron chi connectivity index (χ2n) is 5.79. The smallest absolute Gasteiger partial charge is 0.276 e. The molecule has 1 aliphatic rings. The second kappa shape index (κ2) is 8.29. The van der Waals surface area contributed by atoms with Crippen LogP contribution in [0.3, 0.4) is 0 Å². The molecule has 3 rings (SSSR count). The first-order valence-electron chi connectivity index (χ1n) is 7.94. The standard InChI is InChI=1S/C19H16BrClN2O3S/c1-23-18(24)15(22-19(23)27)8-11-3-5-16(25-2)12(7-11)10-26-17-6-4-13(21)9-14(17)20/h3-9H,10H2,1-2H3,(H,22,27)/b15-8+. The molecule has 1 amide bonds. The van der Waals surface area contributed by atoms with Gasteiger partial charge in [0.15, 0.2) is 5.11 Å². The van der Waals surface area contributed by atoms with Gasteiger partial charge in [0.25, 0.3) is 5.91 Å². The zero-order chi connectivity index (χ0) is 19.6. The van der Waals surface area contributed by atoms with Crippen molar-refractivity contribution in [1.29, 1.82) is 0 Å². The third kappa shape index (κ3) is 4.43. The van der Waals surface area contributed by atoms with E-state index in [-0.39, 0.29) is 5.91 Å². The Bertz CT molecular complexity index is 949. The lowest BCUT2D eigenvalue weighted by Gasteiger charge is -2.12. The Kier molecular flexibility index (Phi) is 6.04. The molecule has 1 heterocycles. The Balaban J connectivity index is 1.84. The summed E-state index contributed by atoms with van der Waals surface area (Å²) in [7, 11) is 3.24. The fraction of sp³-hybridized carbons (Fsp3) is 0.158. The number of amides is 1. The molecule has 1 saturated heterocycles. The van der Waals surface area contributed by atoms with Gasteiger partial charge in [-0.3, -0.25) is 9.69 Å². The summed E-state index contributed by atoms with van der Waals surface area (Å²) in [5.74, 6) is 1.20. The van der Waals surface area contributed by atoms with Crippen molar-refractivity contribution in [1.82, 2.24) is 10.2 Å². The maximum absolute atomic E-state index is 12.1. The largest absolute Gasteiger partial charge is 0.496 e. The molecular formula is C19H16BrClN2O3S. The van der Waals surface area contributed by atoms with Crippen molar-refractivity contribution in [2.24, 2.45) is 0 Å². The molecule has 8 heteroatoms. The van der Waals surface area contributed by atoms with Crippen LogP contribution >= 0.6 is 39.7 Å². The highest BCUT2D eigenvalue weighted by molar-refractivity contribution is 9.10. The maximum atomic E-state index is 12.1. The highest BCUT2D eigenvalue weighted by atomic mass is 79.9. The van der Waals surface area contributed by atoms with Gasteiger partial charge < -0.3 is 14.8 Å². The molecule has 0 radical (unpaired) electrons. The van der Waals surface area contributed by atoms with E-state index in [1.54, 1.807) is 38.4 Å². The highest BCUT2D eigenvalue weighted by Crippen LogP contribution is 2.30. The summed E-state index contributed by atoms with van der Waals surface area (Å²) in [5.41, 5.74) is 2.11. The SMILES string of the molecule is COc1ccc(/C=C2/NC(=S)N(C)C2=O)cc1COc1ccc(Cl)cc1Br. The van der Waals surface area contributed by atoms with Crippen molar-refractivity contribution in [3.05, 3.63) is 62.7 Å². The Hall–Kier alpha value is -2.09. The second-order valence-corrected chi connectivity index (χ2v) is 7.46. The average Bonchev–Trinajstić information content (AvgIpc) is 2.88. The number of ether oxygens (including phenoxy) is 2. The summed E-state index contributed by atoms with van der Waals surface area (Å²) in [4.78, 5) is 13.5. The van der Waals surface area contributed by atoms with Gasteiger partial charge in [0.05, 0.1) is 11.6 Å². The van der Waals surface area contributed by atoms with Gasteiger partial charge in [-0.25, -0.2) is 0 Å². The number of nitrogens with one attached hydrogen (secondary N) is 1. The fourth-order valence-corrected chi connectivity index (χ4v) is 3.53. The molecule has 1 fully saturated rings. The van der Waals surface area contributed by atoms with Crippen molar-refractivity contribution in [3.8, 4) is 11.5 Å². The van der Waals surface area contributed by atoms with Gasteiger partial charge in [-0.15, -0.1) is 0 Å². The molecule has 0 aromatic heterocycles. The zero-order valence-electron chi connectivity index (χ0n) is 14.6. The number of rotatable bonds is 5. The monoisotopic (exact) mass is 466 g/mol. The zero-order valence-corrected chi connectivity index (χ0v) is 17.7. The molecule has 0 saturated carbocycles. The number of carbonyl (C=O) groups is 1. The Morgan fingerprint density at radius 3 is 2.63 bits per heavy atom. The molecule has 5 nitrogen and oxygen atoms in total. The molecule has 2 aromatic rings. The minimum Gasteiger partial charge on any atom is -0.496 e. The molecule has 27 heavy (non-hydrogen) atoms. The number of hydrogen-bond acceptors (Lipinski definition) is 4. The van der Waals surface area contributed by atoms with Gasteiger partial charge in [0.1, 0.15) is 23.8 Å². The Labute approximate surface area is 176 Å². The van der Waals surface area contributed by atoms with Gasteiger partial charge in [-0.05, 0) is 70.1 Å². The van der Waals surface area contributed by atoms with E-state index in [9.17, 15) is 4.79 Å². The highest BCUT2D eigenvalue weighted by Gasteiger charge is 2.26. The molecule has 2 aromatic carbocycles. The van der Waals surface area contributed by atoms with Crippen molar-refractivity contribution in [2.75, 3.05) is 14.2 Å². The Morgan fingerprint density at radius 2 is 2.00 bits per heavy atom. The van der Waals surface area contributed by atoms with Crippen LogP contribution in [-0.4, -0.2) is 30.1 Å². The summed E-state index contributed by atoms with van der Waals surface area (Å²) in [6.45, 7) is 0.292. The Morgan fingerprint density at radius 1 is 1.26 bits per heavy atom. The number of benzene rings is 2. The molecule has 140 valence electrons. The maximum Gasteiger partial charge on any atom is 0.276 e. The summed E-state index contributed by atoms with van der Waals surface area (Å²) in [5, 5.41) is 3.92. The van der Waals surface area contributed by atoms with Crippen LogP contribution in [0.1, 0.15) is 11.1 Å². The van der Waals surface area contributed by atoms with Gasteiger partial charge in [0.2, 0.25) is 0 Å². The quantitative estimate of drug-likeness (QED) is 0.522. The number of nitrogens with zero attached hydrogens (tertiary/aromatic N) is 1. The molecule has 1 N–H and O–H groups in total. The minimum absolute atomic E-state index is 0.168. The lowest BCUT2D eigenvalue weighted by molar-refractivity contribution is -0.121. The van der Waals surface area contributed by atoms with Crippen LogP contribution < -0.4 is 14.8 Å². The number of hydrogen-bond donors (Lipinski definition) is 1. The number of methoxy groups -OCH3 is 1. The van der Waals surface area contributed by atoms with E-state index in [1.807, 2.05) is 18.2 Å². The summed E-state index contributed by atoms with van der Waals surface area (Å²) in [6, 6.07) is 10.9. The van der Waals surface area contributed by atoms with Crippen molar-refractivity contribution in [3.63, 3.8) is 0 Å². The van der Waals surface area contributed by atoms with E-state index in [0.29, 0.717) is 33.9 Å². The van der Waals surface area contributed by atoms with Gasteiger partial charge in [0, 0.05) is 17.6 Å². The fourth-order valence-electron chi connectivity index (χ4n) is 2.54. The van der Waals surface area contributed by atoms with E-state index in [2.05, 4.69) is 21.2 Å². The van der Waals surface area contributed by atoms with Gasteiger partial charge >= 0.3 is 0 Å². The van der Waals surface area contributed by atoms with Crippen LogP contribution in [0.15, 0.2) is 46.6 Å². The normalized spacial score (nSPS) is 15.3. The molecule has 0 bridgehead atoms. The van der Waals surface area contributed by atoms with Crippen LogP contribution in [0.2, 0.25) is 5.02 Å². The first kappa shape index (κ1) is 19.7. The van der Waals surface area contributed by atoms with Gasteiger partial charge in [-0.2, -0.15) is 0 Å². The lowest BCUT2D eigenvalue weighted by Crippen LogP contribution is -2.25. The molecule has 0 spiro atoms. The van der Waals surface area contributed by atoms with Crippen LogP contribution in [0, 0.1) is 0 Å². The van der Waals surface area contributed by atoms with Crippen LogP contribution in [0.25, 0.3) is 6.08 Å². The minimum atomic E-state index is -0.168. The molecule has 0 aliphatic carbocycles. The van der Waals surface area contributed by atoms with Crippen LogP contribution in [-0.2, 0) is 11.4 Å². The summed E-state index contributed by atoms with van der Waals surface area (Å²) in [6.07, 6.45) is 1.75. The van der Waals surface area contributed by atoms with E-state index >= 15 is 0 Å². The average molecular weight is 468 g/mol. The third-order valence-electron chi connectivity index (χ3n) is 3.97. The van der Waals surface area contributed by atoms with E-state index in [1.165, 1.54) is 4.90 Å². The topological polar surface area (TPSA) is 50.8 Å². The van der Waals surface area contributed by atoms with E-state index in [0.717, 1.165) is 15.6 Å². The number of halogens is 2. The van der Waals surface area contributed by atoms with Gasteiger partial charge in [-0.1, -0.05) is 17.7 Å². The van der Waals surface area contributed by atoms with Crippen molar-refractivity contribution < 1.29 is 14.3 Å². The number of likely N-dealkylation sites (N-methyl/N-ethyl adjacent to an activating group) is 1. The molecule has 0 atom stereocenters. The van der Waals surface area contributed by atoms with Crippen molar-refractivity contribution >= 4 is 56.8 Å². The predicted octanol–water partition coefficient (Wildman–Crippen LogP) is 4.38. The van der Waals surface area contributed by atoms with E-state index in [4.69, 9.17) is 33.3 Å². The lowest BCUT2D eigenvalue weighted by atomic mass is 10.1. The van der Waals surface area contributed by atoms with Crippen LogP contribution in [0.5, 0.6) is 11.5 Å². The first-order valence-corrected chi connectivity index (χ1v) is 9.52. The predicted molar refractivity (Wildman–Crippen MR) is 113 cm³/mol.